The molecule has 0 bridgehead atoms. The average Bonchev–Trinajstić information content (AvgIpc) is 2.89. The van der Waals surface area contributed by atoms with Gasteiger partial charge in [-0.15, -0.1) is 5.11 Å². The van der Waals surface area contributed by atoms with Crippen LogP contribution in [0, 0.1) is 0 Å². The molecule has 4 aromatic rings. The first-order valence-electron chi connectivity index (χ1n) is 11.7. The summed E-state index contributed by atoms with van der Waals surface area (Å²) >= 11 is 12.4. The summed E-state index contributed by atoms with van der Waals surface area (Å²) in [5, 5.41) is 25.5. The molecule has 0 spiro atoms. The molecule has 0 aromatic heterocycles. The van der Waals surface area contributed by atoms with Crippen molar-refractivity contribution < 1.29 is 57.2 Å². The molecule has 0 heterocycles. The van der Waals surface area contributed by atoms with Gasteiger partial charge in [-0.2, -0.15) is 13.5 Å². The van der Waals surface area contributed by atoms with Crippen LogP contribution in [0.25, 0.3) is 10.8 Å². The van der Waals surface area contributed by atoms with Crippen LogP contribution < -0.4 is 44.7 Å². The van der Waals surface area contributed by atoms with Crippen molar-refractivity contribution in [3.63, 3.8) is 0 Å². The SMILES string of the molecule is CCOc1cc(Cl)ccc1NC(=O)c1cc2ccccc2c(N=Nc2c(S(=O)(=O)O)ccc(CC)c2Cl)c1[O-].[Na+]. The standard InChI is InChI=1S/C27H23Cl2N3O6S.Na/c1-3-15-9-12-22(39(35,36)37)25(23(15)29)32-31-24-18-8-6-5-7-16(18)13-19(26(24)33)27(34)30-20-11-10-17(28)14-21(20)38-4-2;/h5-14,33H,3-4H2,1-2H3,(H,30,34)(H,35,36,37);/q;+1/p-1. The number of nitrogens with one attached hydrogen (secondary N) is 1. The van der Waals surface area contributed by atoms with Crippen LogP contribution in [-0.4, -0.2) is 25.5 Å². The Morgan fingerprint density at radius 1 is 1.02 bits per heavy atom. The Balaban J connectivity index is 0.00000441. The first-order valence-corrected chi connectivity index (χ1v) is 13.9. The van der Waals surface area contributed by atoms with Crippen molar-refractivity contribution >= 4 is 67.1 Å². The second-order valence-corrected chi connectivity index (χ2v) is 10.5. The molecule has 0 aliphatic rings. The molecule has 2 N–H and O–H groups in total. The van der Waals surface area contributed by atoms with Gasteiger partial charge in [-0.25, -0.2) is 0 Å². The molecule has 0 aliphatic heterocycles. The van der Waals surface area contributed by atoms with E-state index in [1.165, 1.54) is 12.1 Å². The molecule has 0 saturated carbocycles. The second-order valence-electron chi connectivity index (χ2n) is 8.26. The van der Waals surface area contributed by atoms with Gasteiger partial charge in [-0.1, -0.05) is 66.2 Å². The average molecular weight is 610 g/mol. The van der Waals surface area contributed by atoms with Crippen LogP contribution in [0.1, 0.15) is 29.8 Å². The molecule has 0 atom stereocenters. The normalized spacial score (nSPS) is 11.4. The van der Waals surface area contributed by atoms with E-state index in [9.17, 15) is 22.9 Å². The van der Waals surface area contributed by atoms with Crippen molar-refractivity contribution in [3.8, 4) is 11.5 Å². The Labute approximate surface area is 263 Å². The third kappa shape index (κ3) is 6.77. The Bertz CT molecular complexity index is 1730. The van der Waals surface area contributed by atoms with E-state index in [0.29, 0.717) is 45.8 Å². The molecular formula is C27H22Cl2N3NaO6S. The summed E-state index contributed by atoms with van der Waals surface area (Å²) < 4.78 is 39.2. The van der Waals surface area contributed by atoms with E-state index in [2.05, 4.69) is 15.5 Å². The van der Waals surface area contributed by atoms with Crippen LogP contribution in [0.5, 0.6) is 11.5 Å². The molecule has 4 aromatic carbocycles. The van der Waals surface area contributed by atoms with Crippen molar-refractivity contribution in [1.29, 1.82) is 0 Å². The van der Waals surface area contributed by atoms with Gasteiger partial charge in [0.25, 0.3) is 16.0 Å². The van der Waals surface area contributed by atoms with Gasteiger partial charge < -0.3 is 15.2 Å². The Morgan fingerprint density at radius 2 is 1.73 bits per heavy atom. The molecular weight excluding hydrogens is 588 g/mol. The number of benzene rings is 4. The first kappa shape index (κ1) is 31.8. The number of hydrogen-bond acceptors (Lipinski definition) is 7. The molecule has 0 aliphatic carbocycles. The number of fused-ring (bicyclic) bond motifs is 1. The summed E-state index contributed by atoms with van der Waals surface area (Å²) in [4.78, 5) is 12.7. The molecule has 40 heavy (non-hydrogen) atoms. The molecule has 9 nitrogen and oxygen atoms in total. The van der Waals surface area contributed by atoms with Crippen LogP contribution in [0.4, 0.5) is 17.1 Å². The van der Waals surface area contributed by atoms with Gasteiger partial charge in [0.15, 0.2) is 0 Å². The number of halogens is 2. The van der Waals surface area contributed by atoms with Gasteiger partial charge in [0.1, 0.15) is 16.3 Å². The number of nitrogens with zero attached hydrogens (tertiary/aromatic N) is 2. The number of aryl methyl sites for hydroxylation is 1. The zero-order valence-electron chi connectivity index (χ0n) is 21.7. The fraction of sp³-hybridized carbons (Fsp3) is 0.148. The fourth-order valence-corrected chi connectivity index (χ4v) is 5.09. The molecule has 0 saturated heterocycles. The monoisotopic (exact) mass is 609 g/mol. The van der Waals surface area contributed by atoms with Crippen molar-refractivity contribution in [2.75, 3.05) is 11.9 Å². The van der Waals surface area contributed by atoms with E-state index in [0.717, 1.165) is 6.07 Å². The molecule has 4 rings (SSSR count). The smallest absolute Gasteiger partial charge is 0.870 e. The fourth-order valence-electron chi connectivity index (χ4n) is 3.90. The van der Waals surface area contributed by atoms with E-state index >= 15 is 0 Å². The van der Waals surface area contributed by atoms with Gasteiger partial charge in [-0.3, -0.25) is 9.35 Å². The summed E-state index contributed by atoms with van der Waals surface area (Å²) in [5.74, 6) is -1.15. The van der Waals surface area contributed by atoms with E-state index in [1.807, 2.05) is 0 Å². The van der Waals surface area contributed by atoms with Gasteiger partial charge in [0, 0.05) is 22.0 Å². The zero-order valence-corrected chi connectivity index (χ0v) is 26.1. The zero-order chi connectivity index (χ0) is 28.3. The summed E-state index contributed by atoms with van der Waals surface area (Å²) in [6.07, 6.45) is 0.451. The van der Waals surface area contributed by atoms with E-state index < -0.39 is 26.7 Å². The number of carbonyl (C=O) groups is 1. The van der Waals surface area contributed by atoms with Crippen molar-refractivity contribution in [3.05, 3.63) is 81.8 Å². The van der Waals surface area contributed by atoms with Crippen LogP contribution >= 0.6 is 23.2 Å². The Kier molecular flexibility index (Phi) is 10.6. The maximum absolute atomic E-state index is 13.5. The number of hydrogen-bond donors (Lipinski definition) is 2. The summed E-state index contributed by atoms with van der Waals surface area (Å²) in [6.45, 7) is 3.90. The van der Waals surface area contributed by atoms with E-state index in [1.54, 1.807) is 56.3 Å². The number of amides is 1. The molecule has 1 amide bonds. The summed E-state index contributed by atoms with van der Waals surface area (Å²) in [6, 6.07) is 15.4. The number of ether oxygens (including phenoxy) is 1. The first-order chi connectivity index (χ1) is 18.5. The molecule has 13 heteroatoms. The van der Waals surface area contributed by atoms with Crippen molar-refractivity contribution in [1.82, 2.24) is 0 Å². The maximum atomic E-state index is 13.5. The third-order valence-electron chi connectivity index (χ3n) is 5.78. The van der Waals surface area contributed by atoms with Crippen LogP contribution in [0.15, 0.2) is 75.8 Å². The van der Waals surface area contributed by atoms with Crippen LogP contribution in [-0.2, 0) is 16.5 Å². The minimum atomic E-state index is -4.71. The second kappa shape index (κ2) is 13.3. The number of carbonyl (C=O) groups excluding carboxylic acids is 1. The summed E-state index contributed by atoms with van der Waals surface area (Å²) in [5.41, 5.74) is 0.107. The topological polar surface area (TPSA) is 140 Å². The van der Waals surface area contributed by atoms with Crippen molar-refractivity contribution in [2.45, 2.75) is 25.2 Å². The predicted molar refractivity (Wildman–Crippen MR) is 149 cm³/mol. The minimum absolute atomic E-state index is 0. The Hall–Kier alpha value is -2.70. The predicted octanol–water partition coefficient (Wildman–Crippen LogP) is 4.10. The quantitative estimate of drug-likeness (QED) is 0.175. The van der Waals surface area contributed by atoms with Crippen LogP contribution in [0.3, 0.4) is 0 Å². The summed E-state index contributed by atoms with van der Waals surface area (Å²) in [7, 11) is -4.71. The number of azo groups is 1. The van der Waals surface area contributed by atoms with Gasteiger partial charge in [0.2, 0.25) is 0 Å². The van der Waals surface area contributed by atoms with Gasteiger partial charge in [-0.05, 0) is 48.6 Å². The van der Waals surface area contributed by atoms with Crippen LogP contribution in [0.2, 0.25) is 10.0 Å². The maximum Gasteiger partial charge on any atom is 1.00 e. The Morgan fingerprint density at radius 3 is 2.40 bits per heavy atom. The van der Waals surface area contributed by atoms with Crippen molar-refractivity contribution in [2.24, 2.45) is 10.2 Å². The number of anilines is 1. The molecule has 0 fully saturated rings. The largest absolute Gasteiger partial charge is 1.00 e. The molecule has 0 unspecified atom stereocenters. The van der Waals surface area contributed by atoms with Gasteiger partial charge >= 0.3 is 29.6 Å². The van der Waals surface area contributed by atoms with E-state index in [4.69, 9.17) is 27.9 Å². The molecule has 202 valence electrons. The number of rotatable bonds is 8. The molecule has 0 radical (unpaired) electrons. The van der Waals surface area contributed by atoms with Gasteiger partial charge in [0.05, 0.1) is 23.0 Å². The minimum Gasteiger partial charge on any atom is -0.870 e. The third-order valence-corrected chi connectivity index (χ3v) is 7.32. The van der Waals surface area contributed by atoms with E-state index in [-0.39, 0.29) is 51.5 Å².